The zero-order chi connectivity index (χ0) is 11.4. The minimum absolute atomic E-state index is 0.00532. The van der Waals surface area contributed by atoms with Gasteiger partial charge in [0.05, 0.1) is 7.11 Å². The molecule has 0 fully saturated rings. The highest BCUT2D eigenvalue weighted by Crippen LogP contribution is 2.31. The molecule has 0 aliphatic rings. The van der Waals surface area contributed by atoms with Crippen LogP contribution in [-0.2, 0) is 4.79 Å². The fourth-order valence-electron chi connectivity index (χ4n) is 1.43. The minimum Gasteiger partial charge on any atom is -0.493 e. The molecule has 82 valence electrons. The third-order valence-corrected chi connectivity index (χ3v) is 2.22. The van der Waals surface area contributed by atoms with E-state index in [0.29, 0.717) is 11.8 Å². The molecule has 4 heteroatoms. The Labute approximate surface area is 86.9 Å². The first-order valence-electron chi connectivity index (χ1n) is 4.56. The van der Waals surface area contributed by atoms with Gasteiger partial charge in [-0.05, 0) is 12.0 Å². The Kier molecular flexibility index (Phi) is 3.77. The van der Waals surface area contributed by atoms with Gasteiger partial charge < -0.3 is 9.53 Å². The zero-order valence-corrected chi connectivity index (χ0v) is 8.59. The fraction of sp³-hybridized carbons (Fsp3) is 0.364. The highest BCUT2D eigenvalue weighted by Gasteiger charge is 2.16. The minimum atomic E-state index is -0.745. The first kappa shape index (κ1) is 11.6. The summed E-state index contributed by atoms with van der Waals surface area (Å²) in [5.41, 5.74) is 0.377. The van der Waals surface area contributed by atoms with Crippen molar-refractivity contribution in [3.63, 3.8) is 0 Å². The smallest absolute Gasteiger partial charge is 0.168 e. The van der Waals surface area contributed by atoms with Crippen LogP contribution in [0, 0.1) is 11.6 Å². The molecule has 0 radical (unpaired) electrons. The van der Waals surface area contributed by atoms with Gasteiger partial charge in [-0.2, -0.15) is 0 Å². The molecule has 1 atom stereocenters. The molecule has 1 unspecified atom stereocenters. The van der Waals surface area contributed by atoms with Crippen molar-refractivity contribution in [3.05, 3.63) is 29.3 Å². The summed E-state index contributed by atoms with van der Waals surface area (Å²) in [6, 6.07) is 1.95. The molecule has 0 heterocycles. The van der Waals surface area contributed by atoms with E-state index >= 15 is 0 Å². The molecule has 0 saturated heterocycles. The van der Waals surface area contributed by atoms with Crippen molar-refractivity contribution in [2.24, 2.45) is 0 Å². The number of hydrogen-bond acceptors (Lipinski definition) is 2. The molecule has 1 rings (SSSR count). The summed E-state index contributed by atoms with van der Waals surface area (Å²) in [6.45, 7) is 1.71. The van der Waals surface area contributed by atoms with Gasteiger partial charge >= 0.3 is 0 Å². The van der Waals surface area contributed by atoms with Crippen molar-refractivity contribution >= 4 is 6.29 Å². The van der Waals surface area contributed by atoms with Crippen LogP contribution in [0.4, 0.5) is 8.78 Å². The van der Waals surface area contributed by atoms with Gasteiger partial charge in [-0.25, -0.2) is 8.78 Å². The van der Waals surface area contributed by atoms with Crippen LogP contribution in [0.25, 0.3) is 0 Å². The van der Waals surface area contributed by atoms with Crippen molar-refractivity contribution in [2.45, 2.75) is 19.3 Å². The average molecular weight is 214 g/mol. The predicted octanol–water partition coefficient (Wildman–Crippen LogP) is 2.67. The zero-order valence-electron chi connectivity index (χ0n) is 8.59. The van der Waals surface area contributed by atoms with Crippen LogP contribution < -0.4 is 4.74 Å². The number of hydrogen-bond donors (Lipinski definition) is 0. The van der Waals surface area contributed by atoms with Crippen molar-refractivity contribution < 1.29 is 18.3 Å². The molecule has 0 aromatic heterocycles. The normalized spacial score (nSPS) is 12.3. The van der Waals surface area contributed by atoms with E-state index in [0.717, 1.165) is 6.07 Å². The van der Waals surface area contributed by atoms with Crippen LogP contribution in [-0.4, -0.2) is 13.4 Å². The maximum Gasteiger partial charge on any atom is 0.168 e. The third kappa shape index (κ3) is 2.52. The monoisotopic (exact) mass is 214 g/mol. The summed E-state index contributed by atoms with van der Waals surface area (Å²) in [7, 11) is 1.31. The highest BCUT2D eigenvalue weighted by molar-refractivity contribution is 5.52. The standard InChI is InChI=1S/C11H12F2O2/c1-7(3-4-14)9-5-8(12)6-10(13)11(9)15-2/h4-7H,3H2,1-2H3. The predicted molar refractivity (Wildman–Crippen MR) is 52.0 cm³/mol. The van der Waals surface area contributed by atoms with E-state index in [2.05, 4.69) is 0 Å². The molecule has 0 aliphatic heterocycles. The van der Waals surface area contributed by atoms with Gasteiger partial charge in [-0.3, -0.25) is 0 Å². The van der Waals surface area contributed by atoms with E-state index in [1.807, 2.05) is 0 Å². The van der Waals surface area contributed by atoms with E-state index in [4.69, 9.17) is 4.74 Å². The molecule has 0 spiro atoms. The number of carbonyl (C=O) groups is 1. The van der Waals surface area contributed by atoms with Crippen molar-refractivity contribution in [1.82, 2.24) is 0 Å². The Hall–Kier alpha value is -1.45. The summed E-state index contributed by atoms with van der Waals surface area (Å²) >= 11 is 0. The second-order valence-electron chi connectivity index (χ2n) is 3.31. The lowest BCUT2D eigenvalue weighted by molar-refractivity contribution is -0.108. The lowest BCUT2D eigenvalue weighted by Crippen LogP contribution is -2.01. The van der Waals surface area contributed by atoms with Gasteiger partial charge in [0.2, 0.25) is 0 Å². The first-order valence-corrected chi connectivity index (χ1v) is 4.56. The van der Waals surface area contributed by atoms with Gasteiger partial charge in [0.25, 0.3) is 0 Å². The summed E-state index contributed by atoms with van der Waals surface area (Å²) in [6.07, 6.45) is 0.923. The topological polar surface area (TPSA) is 26.3 Å². The van der Waals surface area contributed by atoms with Crippen LogP contribution in [0.2, 0.25) is 0 Å². The second kappa shape index (κ2) is 4.87. The SMILES string of the molecule is COc1c(F)cc(F)cc1C(C)CC=O. The Bertz CT molecular complexity index is 364. The first-order chi connectivity index (χ1) is 7.10. The largest absolute Gasteiger partial charge is 0.493 e. The number of carbonyl (C=O) groups excluding carboxylic acids is 1. The van der Waals surface area contributed by atoms with Gasteiger partial charge in [0.1, 0.15) is 12.1 Å². The van der Waals surface area contributed by atoms with Crippen LogP contribution >= 0.6 is 0 Å². The summed E-state index contributed by atoms with van der Waals surface area (Å²) in [5, 5.41) is 0. The quantitative estimate of drug-likeness (QED) is 0.720. The Morgan fingerprint density at radius 3 is 2.67 bits per heavy atom. The van der Waals surface area contributed by atoms with Crippen LogP contribution in [0.3, 0.4) is 0 Å². The third-order valence-electron chi connectivity index (χ3n) is 2.22. The van der Waals surface area contributed by atoms with Gasteiger partial charge in [-0.1, -0.05) is 6.92 Å². The number of benzene rings is 1. The molecule has 1 aromatic rings. The van der Waals surface area contributed by atoms with Crippen LogP contribution in [0.15, 0.2) is 12.1 Å². The van der Waals surface area contributed by atoms with E-state index in [1.165, 1.54) is 13.2 Å². The van der Waals surface area contributed by atoms with E-state index in [9.17, 15) is 13.6 Å². The average Bonchev–Trinajstić information content (AvgIpc) is 2.17. The maximum atomic E-state index is 13.3. The Morgan fingerprint density at radius 2 is 2.13 bits per heavy atom. The number of ether oxygens (including phenoxy) is 1. The number of halogens is 2. The molecular weight excluding hydrogens is 202 g/mol. The van der Waals surface area contributed by atoms with E-state index in [1.54, 1.807) is 6.92 Å². The molecule has 15 heavy (non-hydrogen) atoms. The number of methoxy groups -OCH3 is 1. The molecule has 0 amide bonds. The summed E-state index contributed by atoms with van der Waals surface area (Å²) in [4.78, 5) is 10.3. The van der Waals surface area contributed by atoms with Crippen molar-refractivity contribution in [1.29, 1.82) is 0 Å². The van der Waals surface area contributed by atoms with Crippen molar-refractivity contribution in [2.75, 3.05) is 7.11 Å². The van der Waals surface area contributed by atoms with Gasteiger partial charge in [0, 0.05) is 18.1 Å². The highest BCUT2D eigenvalue weighted by atomic mass is 19.1. The van der Waals surface area contributed by atoms with E-state index in [-0.39, 0.29) is 18.1 Å². The molecule has 1 aromatic carbocycles. The molecule has 0 saturated carbocycles. The Balaban J connectivity index is 3.19. The number of rotatable bonds is 4. The Morgan fingerprint density at radius 1 is 1.47 bits per heavy atom. The van der Waals surface area contributed by atoms with Crippen molar-refractivity contribution in [3.8, 4) is 5.75 Å². The van der Waals surface area contributed by atoms with Crippen LogP contribution in [0.1, 0.15) is 24.8 Å². The van der Waals surface area contributed by atoms with Crippen LogP contribution in [0.5, 0.6) is 5.75 Å². The maximum absolute atomic E-state index is 13.3. The molecular formula is C11H12F2O2. The second-order valence-corrected chi connectivity index (χ2v) is 3.31. The molecule has 0 bridgehead atoms. The van der Waals surface area contributed by atoms with E-state index < -0.39 is 11.6 Å². The summed E-state index contributed by atoms with van der Waals surface area (Å²) < 4.78 is 31.1. The van der Waals surface area contributed by atoms with Gasteiger partial charge in [-0.15, -0.1) is 0 Å². The lowest BCUT2D eigenvalue weighted by Gasteiger charge is -2.14. The molecule has 0 aliphatic carbocycles. The van der Waals surface area contributed by atoms with Gasteiger partial charge in [0.15, 0.2) is 11.6 Å². The fourth-order valence-corrected chi connectivity index (χ4v) is 1.43. The lowest BCUT2D eigenvalue weighted by atomic mass is 9.97. The molecule has 0 N–H and O–H groups in total. The number of aldehydes is 1. The molecule has 2 nitrogen and oxygen atoms in total. The summed E-state index contributed by atoms with van der Waals surface area (Å²) in [5.74, 6) is -1.67.